The third kappa shape index (κ3) is 3.53. The fraction of sp³-hybridized carbons (Fsp3) is 0.333. The molecule has 1 aromatic carbocycles. The summed E-state index contributed by atoms with van der Waals surface area (Å²) in [5, 5.41) is 3.31. The van der Waals surface area contributed by atoms with Gasteiger partial charge < -0.3 is 11.1 Å². The van der Waals surface area contributed by atoms with Gasteiger partial charge in [-0.3, -0.25) is 0 Å². The Morgan fingerprint density at radius 1 is 1.14 bits per heavy atom. The Labute approximate surface area is 109 Å². The molecule has 0 amide bonds. The van der Waals surface area contributed by atoms with Crippen molar-refractivity contribution in [2.75, 3.05) is 18.4 Å². The largest absolute Gasteiger partial charge is 0.383 e. The van der Waals surface area contributed by atoms with Crippen molar-refractivity contribution in [3.05, 3.63) is 25.6 Å². The second-order valence-corrected chi connectivity index (χ2v) is 5.44. The van der Waals surface area contributed by atoms with E-state index in [1.807, 2.05) is 12.1 Å². The molecule has 1 rings (SSSR count). The lowest BCUT2D eigenvalue weighted by molar-refractivity contribution is 0.873. The zero-order chi connectivity index (χ0) is 10.6. The Hall–Kier alpha value is 0.420. The normalized spacial score (nSPS) is 10.3. The second-order valence-electron chi connectivity index (χ2n) is 2.81. The Morgan fingerprint density at radius 2 is 1.71 bits per heavy atom. The van der Waals surface area contributed by atoms with Gasteiger partial charge in [-0.05, 0) is 57.0 Å². The van der Waals surface area contributed by atoms with Crippen LogP contribution in [-0.4, -0.2) is 13.1 Å². The number of hydrogen-bond donors (Lipinski definition) is 2. The first-order valence-electron chi connectivity index (χ1n) is 4.23. The van der Waals surface area contributed by atoms with E-state index in [1.54, 1.807) is 0 Å². The van der Waals surface area contributed by atoms with Crippen LogP contribution in [0.25, 0.3) is 0 Å². The molecule has 0 saturated heterocycles. The van der Waals surface area contributed by atoms with Gasteiger partial charge in [0.2, 0.25) is 0 Å². The van der Waals surface area contributed by atoms with Gasteiger partial charge in [-0.2, -0.15) is 0 Å². The first-order chi connectivity index (χ1) is 6.65. The summed E-state index contributed by atoms with van der Waals surface area (Å²) in [7, 11) is 0. The maximum absolute atomic E-state index is 5.42. The fourth-order valence-corrected chi connectivity index (χ4v) is 3.57. The summed E-state index contributed by atoms with van der Waals surface area (Å²) in [6, 6.07) is 4.02. The van der Waals surface area contributed by atoms with Crippen molar-refractivity contribution < 1.29 is 0 Å². The van der Waals surface area contributed by atoms with E-state index in [2.05, 4.69) is 53.1 Å². The SMILES string of the molecule is NCCCNc1c(Br)cc(Br)cc1Br. The Morgan fingerprint density at radius 3 is 2.21 bits per heavy atom. The number of anilines is 1. The summed E-state index contributed by atoms with van der Waals surface area (Å²) in [4.78, 5) is 0. The highest BCUT2D eigenvalue weighted by Crippen LogP contribution is 2.34. The van der Waals surface area contributed by atoms with Crippen LogP contribution in [0.2, 0.25) is 0 Å². The van der Waals surface area contributed by atoms with Crippen molar-refractivity contribution in [3.63, 3.8) is 0 Å². The van der Waals surface area contributed by atoms with Crippen molar-refractivity contribution >= 4 is 53.5 Å². The molecule has 0 atom stereocenters. The summed E-state index contributed by atoms with van der Waals surface area (Å²) < 4.78 is 3.12. The van der Waals surface area contributed by atoms with Crippen molar-refractivity contribution in [3.8, 4) is 0 Å². The van der Waals surface area contributed by atoms with Crippen LogP contribution < -0.4 is 11.1 Å². The zero-order valence-electron chi connectivity index (χ0n) is 7.49. The smallest absolute Gasteiger partial charge is 0.0629 e. The van der Waals surface area contributed by atoms with Crippen molar-refractivity contribution in [2.45, 2.75) is 6.42 Å². The van der Waals surface area contributed by atoms with E-state index < -0.39 is 0 Å². The third-order valence-corrected chi connectivity index (χ3v) is 3.40. The zero-order valence-corrected chi connectivity index (χ0v) is 12.2. The van der Waals surface area contributed by atoms with Crippen LogP contribution in [0.15, 0.2) is 25.6 Å². The number of rotatable bonds is 4. The predicted octanol–water partition coefficient (Wildman–Crippen LogP) is 3.73. The fourth-order valence-electron chi connectivity index (χ4n) is 1.03. The van der Waals surface area contributed by atoms with Gasteiger partial charge in [-0.25, -0.2) is 0 Å². The lowest BCUT2D eigenvalue weighted by Gasteiger charge is -2.10. The first kappa shape index (κ1) is 12.5. The Kier molecular flexibility index (Phi) is 5.44. The van der Waals surface area contributed by atoms with Crippen LogP contribution in [-0.2, 0) is 0 Å². The number of nitrogens with one attached hydrogen (secondary N) is 1. The van der Waals surface area contributed by atoms with E-state index in [9.17, 15) is 0 Å². The van der Waals surface area contributed by atoms with Crippen LogP contribution in [0.3, 0.4) is 0 Å². The standard InChI is InChI=1S/C9H11Br3N2/c10-6-4-7(11)9(8(12)5-6)14-3-1-2-13/h4-5,14H,1-3,13H2. The minimum absolute atomic E-state index is 0.707. The molecule has 5 heteroatoms. The van der Waals surface area contributed by atoms with Gasteiger partial charge in [0.05, 0.1) is 5.69 Å². The van der Waals surface area contributed by atoms with Gasteiger partial charge in [0.1, 0.15) is 0 Å². The van der Waals surface area contributed by atoms with Gasteiger partial charge in [0.15, 0.2) is 0 Å². The van der Waals surface area contributed by atoms with Crippen molar-refractivity contribution in [2.24, 2.45) is 5.73 Å². The summed E-state index contributed by atoms with van der Waals surface area (Å²) in [5.41, 5.74) is 6.49. The Balaban J connectivity index is 2.75. The molecular weight excluding hydrogens is 376 g/mol. The summed E-state index contributed by atoms with van der Waals surface area (Å²) >= 11 is 10.4. The molecule has 2 nitrogen and oxygen atoms in total. The van der Waals surface area contributed by atoms with Crippen LogP contribution in [0.4, 0.5) is 5.69 Å². The molecule has 0 saturated carbocycles. The van der Waals surface area contributed by atoms with E-state index in [0.29, 0.717) is 6.54 Å². The lowest BCUT2D eigenvalue weighted by Crippen LogP contribution is -2.09. The second kappa shape index (κ2) is 6.10. The van der Waals surface area contributed by atoms with E-state index >= 15 is 0 Å². The van der Waals surface area contributed by atoms with Crippen molar-refractivity contribution in [1.29, 1.82) is 0 Å². The monoisotopic (exact) mass is 384 g/mol. The molecule has 78 valence electrons. The van der Waals surface area contributed by atoms with Gasteiger partial charge >= 0.3 is 0 Å². The highest BCUT2D eigenvalue weighted by Gasteiger charge is 2.05. The number of nitrogens with two attached hydrogens (primary N) is 1. The summed E-state index contributed by atoms with van der Waals surface area (Å²) in [6.45, 7) is 1.59. The predicted molar refractivity (Wildman–Crippen MR) is 71.7 cm³/mol. The molecule has 0 bridgehead atoms. The van der Waals surface area contributed by atoms with Crippen LogP contribution in [0.5, 0.6) is 0 Å². The van der Waals surface area contributed by atoms with Crippen LogP contribution in [0, 0.1) is 0 Å². The molecule has 0 radical (unpaired) electrons. The number of benzene rings is 1. The minimum Gasteiger partial charge on any atom is -0.383 e. The molecule has 0 fully saturated rings. The van der Waals surface area contributed by atoms with Gasteiger partial charge in [0, 0.05) is 20.0 Å². The molecule has 0 heterocycles. The van der Waals surface area contributed by atoms with Gasteiger partial charge in [-0.15, -0.1) is 0 Å². The quantitative estimate of drug-likeness (QED) is 0.774. The Bertz CT molecular complexity index is 292. The first-order valence-corrected chi connectivity index (χ1v) is 6.61. The summed E-state index contributed by atoms with van der Waals surface area (Å²) in [6.07, 6.45) is 0.967. The topological polar surface area (TPSA) is 38.0 Å². The van der Waals surface area contributed by atoms with Gasteiger partial charge in [0.25, 0.3) is 0 Å². The highest BCUT2D eigenvalue weighted by molar-refractivity contribution is 9.11. The van der Waals surface area contributed by atoms with Crippen LogP contribution >= 0.6 is 47.8 Å². The lowest BCUT2D eigenvalue weighted by atomic mass is 10.3. The highest BCUT2D eigenvalue weighted by atomic mass is 79.9. The average molecular weight is 387 g/mol. The van der Waals surface area contributed by atoms with E-state index in [-0.39, 0.29) is 0 Å². The summed E-state index contributed by atoms with van der Waals surface area (Å²) in [5.74, 6) is 0. The third-order valence-electron chi connectivity index (χ3n) is 1.69. The molecule has 0 spiro atoms. The molecule has 0 aliphatic heterocycles. The molecule has 1 aromatic rings. The van der Waals surface area contributed by atoms with E-state index in [0.717, 1.165) is 32.1 Å². The minimum atomic E-state index is 0.707. The molecule has 0 unspecified atom stereocenters. The molecule has 0 aliphatic carbocycles. The molecule has 0 aromatic heterocycles. The number of hydrogen-bond acceptors (Lipinski definition) is 2. The maximum atomic E-state index is 5.42. The van der Waals surface area contributed by atoms with E-state index in [1.165, 1.54) is 0 Å². The van der Waals surface area contributed by atoms with Crippen LogP contribution in [0.1, 0.15) is 6.42 Å². The maximum Gasteiger partial charge on any atom is 0.0629 e. The average Bonchev–Trinajstić information content (AvgIpc) is 2.09. The molecule has 14 heavy (non-hydrogen) atoms. The van der Waals surface area contributed by atoms with E-state index in [4.69, 9.17) is 5.73 Å². The molecule has 0 aliphatic rings. The number of halogens is 3. The molecule has 3 N–H and O–H groups in total. The van der Waals surface area contributed by atoms with Crippen molar-refractivity contribution in [1.82, 2.24) is 0 Å². The molecular formula is C9H11Br3N2. The van der Waals surface area contributed by atoms with Gasteiger partial charge in [-0.1, -0.05) is 15.9 Å².